The largest absolute Gasteiger partial charge is 0.507 e. The van der Waals surface area contributed by atoms with Gasteiger partial charge in [-0.2, -0.15) is 0 Å². The summed E-state index contributed by atoms with van der Waals surface area (Å²) >= 11 is 0. The number of methoxy groups -OCH3 is 1. The summed E-state index contributed by atoms with van der Waals surface area (Å²) in [5, 5.41) is 11.3. The van der Waals surface area contributed by atoms with E-state index >= 15 is 0 Å². The quantitative estimate of drug-likeness (QED) is 0.286. The van der Waals surface area contributed by atoms with Crippen LogP contribution in [0.3, 0.4) is 0 Å². The summed E-state index contributed by atoms with van der Waals surface area (Å²) in [6.45, 7) is 4.75. The van der Waals surface area contributed by atoms with Crippen molar-refractivity contribution >= 4 is 17.4 Å². The van der Waals surface area contributed by atoms with Crippen molar-refractivity contribution in [3.05, 3.63) is 106 Å². The zero-order valence-corrected chi connectivity index (χ0v) is 20.2. The molecule has 0 bridgehead atoms. The first-order chi connectivity index (χ1) is 16.9. The van der Waals surface area contributed by atoms with E-state index in [1.807, 2.05) is 74.5 Å². The SMILES string of the molecule is COCCN1C(=O)C(=O)C(=C(O)c2ccc(OCc3ccccc3)cc2C)[C@H]1c1ccc(C)cc1. The fourth-order valence-corrected chi connectivity index (χ4v) is 4.27. The molecule has 1 atom stereocenters. The zero-order valence-electron chi connectivity index (χ0n) is 20.2. The molecule has 0 saturated carbocycles. The maximum absolute atomic E-state index is 13.1. The van der Waals surface area contributed by atoms with Gasteiger partial charge in [-0.25, -0.2) is 0 Å². The number of aryl methyl sites for hydroxylation is 2. The predicted molar refractivity (Wildman–Crippen MR) is 134 cm³/mol. The molecule has 4 rings (SSSR count). The summed E-state index contributed by atoms with van der Waals surface area (Å²) in [6, 6.07) is 22.1. The Hall–Kier alpha value is -3.90. The highest BCUT2D eigenvalue weighted by molar-refractivity contribution is 6.46. The number of nitrogens with zero attached hydrogens (tertiary/aromatic N) is 1. The van der Waals surface area contributed by atoms with Crippen molar-refractivity contribution in [2.24, 2.45) is 0 Å². The second kappa shape index (κ2) is 10.6. The molecule has 35 heavy (non-hydrogen) atoms. The van der Waals surface area contributed by atoms with Gasteiger partial charge in [0.2, 0.25) is 0 Å². The molecule has 0 aliphatic carbocycles. The van der Waals surface area contributed by atoms with E-state index in [0.29, 0.717) is 17.9 Å². The molecule has 1 aliphatic rings. The van der Waals surface area contributed by atoms with Gasteiger partial charge in [0.1, 0.15) is 18.1 Å². The van der Waals surface area contributed by atoms with Crippen LogP contribution in [0.2, 0.25) is 0 Å². The maximum Gasteiger partial charge on any atom is 0.295 e. The highest BCUT2D eigenvalue weighted by Gasteiger charge is 2.45. The van der Waals surface area contributed by atoms with Crippen molar-refractivity contribution in [3.63, 3.8) is 0 Å². The number of rotatable bonds is 8. The lowest BCUT2D eigenvalue weighted by Crippen LogP contribution is -2.32. The average Bonchev–Trinajstić information content (AvgIpc) is 3.12. The van der Waals surface area contributed by atoms with E-state index < -0.39 is 17.7 Å². The molecule has 3 aromatic rings. The molecule has 0 aromatic heterocycles. The molecule has 1 aliphatic heterocycles. The second-order valence-electron chi connectivity index (χ2n) is 8.65. The Morgan fingerprint density at radius 3 is 2.34 bits per heavy atom. The van der Waals surface area contributed by atoms with Gasteiger partial charge < -0.3 is 19.5 Å². The maximum atomic E-state index is 13.1. The Morgan fingerprint density at radius 1 is 0.971 bits per heavy atom. The minimum Gasteiger partial charge on any atom is -0.507 e. The third-order valence-electron chi connectivity index (χ3n) is 6.17. The minimum absolute atomic E-state index is 0.0796. The summed E-state index contributed by atoms with van der Waals surface area (Å²) < 4.78 is 11.1. The fourth-order valence-electron chi connectivity index (χ4n) is 4.27. The van der Waals surface area contributed by atoms with E-state index in [-0.39, 0.29) is 24.5 Å². The Morgan fingerprint density at radius 2 is 1.69 bits per heavy atom. The van der Waals surface area contributed by atoms with Crippen molar-refractivity contribution < 1.29 is 24.2 Å². The number of ketones is 1. The molecule has 6 heteroatoms. The summed E-state index contributed by atoms with van der Waals surface area (Å²) in [5.74, 6) is -0.887. The lowest BCUT2D eigenvalue weighted by molar-refractivity contribution is -0.140. The van der Waals surface area contributed by atoms with Gasteiger partial charge in [0.05, 0.1) is 18.2 Å². The van der Waals surface area contributed by atoms with Gasteiger partial charge in [0.15, 0.2) is 0 Å². The number of likely N-dealkylation sites (tertiary alicyclic amines) is 1. The highest BCUT2D eigenvalue weighted by Crippen LogP contribution is 2.40. The van der Waals surface area contributed by atoms with Crippen LogP contribution in [0.25, 0.3) is 5.76 Å². The Labute approximate surface area is 205 Å². The van der Waals surface area contributed by atoms with Crippen molar-refractivity contribution in [1.82, 2.24) is 4.90 Å². The third kappa shape index (κ3) is 5.12. The van der Waals surface area contributed by atoms with E-state index in [0.717, 1.165) is 22.3 Å². The standard InChI is InChI=1S/C29H29NO5/c1-19-9-11-22(12-10-19)26-25(28(32)29(33)30(26)15-16-34-3)27(31)24-14-13-23(17-20(24)2)35-18-21-7-5-4-6-8-21/h4-14,17,26,31H,15-16,18H2,1-3H3/t26-/m1/s1. The van der Waals surface area contributed by atoms with Gasteiger partial charge in [-0.1, -0.05) is 60.2 Å². The molecule has 1 fully saturated rings. The van der Waals surface area contributed by atoms with Gasteiger partial charge >= 0.3 is 0 Å². The number of hydrogen-bond acceptors (Lipinski definition) is 5. The van der Waals surface area contributed by atoms with Crippen molar-refractivity contribution in [3.8, 4) is 5.75 Å². The molecule has 180 valence electrons. The molecule has 1 N–H and O–H groups in total. The normalized spacial score (nSPS) is 17.1. The molecular weight excluding hydrogens is 442 g/mol. The first-order valence-electron chi connectivity index (χ1n) is 11.5. The van der Waals surface area contributed by atoms with E-state index in [2.05, 4.69) is 0 Å². The molecule has 3 aromatic carbocycles. The molecule has 0 unspecified atom stereocenters. The summed E-state index contributed by atoms with van der Waals surface area (Å²) in [7, 11) is 1.54. The topological polar surface area (TPSA) is 76.1 Å². The molecule has 0 radical (unpaired) electrons. The van der Waals surface area contributed by atoms with E-state index in [1.54, 1.807) is 19.2 Å². The number of amides is 1. The van der Waals surface area contributed by atoms with Gasteiger partial charge in [-0.15, -0.1) is 0 Å². The Kier molecular flexibility index (Phi) is 7.32. The van der Waals surface area contributed by atoms with Gasteiger partial charge in [0.25, 0.3) is 11.7 Å². The Bertz CT molecular complexity index is 1250. The van der Waals surface area contributed by atoms with E-state index in [9.17, 15) is 14.7 Å². The number of ether oxygens (including phenoxy) is 2. The average molecular weight is 472 g/mol. The third-order valence-corrected chi connectivity index (χ3v) is 6.17. The summed E-state index contributed by atoms with van der Waals surface area (Å²) in [6.07, 6.45) is 0. The monoisotopic (exact) mass is 471 g/mol. The molecule has 0 spiro atoms. The molecule has 1 amide bonds. The zero-order chi connectivity index (χ0) is 24.9. The fraction of sp³-hybridized carbons (Fsp3) is 0.241. The smallest absolute Gasteiger partial charge is 0.295 e. The number of hydrogen-bond donors (Lipinski definition) is 1. The van der Waals surface area contributed by atoms with Crippen LogP contribution >= 0.6 is 0 Å². The first kappa shape index (κ1) is 24.2. The summed E-state index contributed by atoms with van der Waals surface area (Å²) in [4.78, 5) is 27.5. The number of aliphatic hydroxyl groups excluding tert-OH is 1. The molecule has 1 heterocycles. The predicted octanol–water partition coefficient (Wildman–Crippen LogP) is 4.95. The van der Waals surface area contributed by atoms with Crippen LogP contribution in [0.1, 0.15) is 33.9 Å². The molecular formula is C29H29NO5. The number of Topliss-reactive ketones (excluding diaryl/α,β-unsaturated/α-hetero) is 1. The van der Waals surface area contributed by atoms with Crippen LogP contribution in [0.4, 0.5) is 0 Å². The lowest BCUT2D eigenvalue weighted by Gasteiger charge is -2.25. The van der Waals surface area contributed by atoms with Crippen molar-refractivity contribution in [1.29, 1.82) is 0 Å². The van der Waals surface area contributed by atoms with Crippen LogP contribution in [0.5, 0.6) is 5.75 Å². The van der Waals surface area contributed by atoms with Crippen LogP contribution in [0.15, 0.2) is 78.4 Å². The van der Waals surface area contributed by atoms with Crippen molar-refractivity contribution in [2.75, 3.05) is 20.3 Å². The van der Waals surface area contributed by atoms with Gasteiger partial charge in [-0.3, -0.25) is 9.59 Å². The second-order valence-corrected chi connectivity index (χ2v) is 8.65. The first-order valence-corrected chi connectivity index (χ1v) is 11.5. The van der Waals surface area contributed by atoms with E-state index in [4.69, 9.17) is 9.47 Å². The molecule has 6 nitrogen and oxygen atoms in total. The van der Waals surface area contributed by atoms with Crippen LogP contribution in [-0.2, 0) is 20.9 Å². The number of carbonyl (C=O) groups excluding carboxylic acids is 2. The van der Waals surface area contributed by atoms with Crippen LogP contribution in [-0.4, -0.2) is 42.0 Å². The van der Waals surface area contributed by atoms with Crippen LogP contribution < -0.4 is 4.74 Å². The van der Waals surface area contributed by atoms with Gasteiger partial charge in [-0.05, 0) is 48.7 Å². The van der Waals surface area contributed by atoms with Crippen LogP contribution in [0, 0.1) is 13.8 Å². The number of aliphatic hydroxyl groups is 1. The lowest BCUT2D eigenvalue weighted by atomic mass is 9.93. The molecule has 1 saturated heterocycles. The minimum atomic E-state index is -0.701. The summed E-state index contributed by atoms with van der Waals surface area (Å²) in [5.41, 5.74) is 4.16. The highest BCUT2D eigenvalue weighted by atomic mass is 16.5. The van der Waals surface area contributed by atoms with Crippen molar-refractivity contribution in [2.45, 2.75) is 26.5 Å². The van der Waals surface area contributed by atoms with Gasteiger partial charge in [0, 0.05) is 19.2 Å². The Balaban J connectivity index is 1.70. The number of benzene rings is 3. The van der Waals surface area contributed by atoms with E-state index in [1.165, 1.54) is 4.90 Å². The number of carbonyl (C=O) groups is 2.